The maximum atomic E-state index is 11.2. The summed E-state index contributed by atoms with van der Waals surface area (Å²) >= 11 is 0. The minimum absolute atomic E-state index is 0.0233. The van der Waals surface area contributed by atoms with Crippen molar-refractivity contribution in [1.82, 2.24) is 16.0 Å². The van der Waals surface area contributed by atoms with Crippen LogP contribution >= 0.6 is 0 Å². The standard InChI is InChI=1S/C9H17N3O3/c1-7(13)11-6-9(14)12-5-8-4-10-2-3-15-8/h8,10H,2-6H2,1H3,(H,11,13)(H,12,14). The van der Waals surface area contributed by atoms with Gasteiger partial charge in [0, 0.05) is 26.6 Å². The van der Waals surface area contributed by atoms with Crippen molar-refractivity contribution in [2.75, 3.05) is 32.8 Å². The Balaban J connectivity index is 2.07. The van der Waals surface area contributed by atoms with Crippen LogP contribution in [0.1, 0.15) is 6.92 Å². The average molecular weight is 215 g/mol. The van der Waals surface area contributed by atoms with Gasteiger partial charge in [-0.15, -0.1) is 0 Å². The Bertz CT molecular complexity index is 227. The van der Waals surface area contributed by atoms with Gasteiger partial charge in [-0.05, 0) is 0 Å². The SMILES string of the molecule is CC(=O)NCC(=O)NCC1CNCCO1. The number of hydrogen-bond acceptors (Lipinski definition) is 4. The molecule has 0 radical (unpaired) electrons. The maximum absolute atomic E-state index is 11.2. The summed E-state index contributed by atoms with van der Waals surface area (Å²) in [4.78, 5) is 21.7. The summed E-state index contributed by atoms with van der Waals surface area (Å²) in [6.45, 7) is 4.16. The molecule has 6 nitrogen and oxygen atoms in total. The van der Waals surface area contributed by atoms with Crippen LogP contribution in [-0.4, -0.2) is 50.7 Å². The second kappa shape index (κ2) is 6.36. The van der Waals surface area contributed by atoms with E-state index in [0.717, 1.165) is 13.1 Å². The molecule has 1 heterocycles. The van der Waals surface area contributed by atoms with Gasteiger partial charge < -0.3 is 20.7 Å². The van der Waals surface area contributed by atoms with E-state index < -0.39 is 0 Å². The number of rotatable bonds is 4. The minimum atomic E-state index is -0.208. The second-order valence-electron chi connectivity index (χ2n) is 3.41. The molecule has 1 rings (SSSR count). The Kier molecular flexibility index (Phi) is 5.06. The summed E-state index contributed by atoms with van der Waals surface area (Å²) in [6, 6.07) is 0. The first-order chi connectivity index (χ1) is 7.18. The summed E-state index contributed by atoms with van der Waals surface area (Å²) in [5.74, 6) is -0.403. The van der Waals surface area contributed by atoms with Gasteiger partial charge in [-0.2, -0.15) is 0 Å². The lowest BCUT2D eigenvalue weighted by molar-refractivity contribution is -0.125. The van der Waals surface area contributed by atoms with E-state index in [1.165, 1.54) is 6.92 Å². The van der Waals surface area contributed by atoms with Crippen LogP contribution in [-0.2, 0) is 14.3 Å². The summed E-state index contributed by atoms with van der Waals surface area (Å²) in [5.41, 5.74) is 0. The molecule has 86 valence electrons. The van der Waals surface area contributed by atoms with Crippen molar-refractivity contribution < 1.29 is 14.3 Å². The lowest BCUT2D eigenvalue weighted by Gasteiger charge is -2.23. The first-order valence-electron chi connectivity index (χ1n) is 5.02. The zero-order chi connectivity index (χ0) is 11.1. The molecule has 0 aromatic rings. The molecule has 2 amide bonds. The fourth-order valence-electron chi connectivity index (χ4n) is 1.25. The smallest absolute Gasteiger partial charge is 0.239 e. The number of nitrogens with one attached hydrogen (secondary N) is 3. The van der Waals surface area contributed by atoms with Crippen molar-refractivity contribution in [2.45, 2.75) is 13.0 Å². The Morgan fingerprint density at radius 1 is 1.47 bits per heavy atom. The van der Waals surface area contributed by atoms with Crippen molar-refractivity contribution in [1.29, 1.82) is 0 Å². The molecular weight excluding hydrogens is 198 g/mol. The number of ether oxygens (including phenoxy) is 1. The predicted octanol–water partition coefficient (Wildman–Crippen LogP) is -1.77. The van der Waals surface area contributed by atoms with Gasteiger partial charge in [-0.25, -0.2) is 0 Å². The van der Waals surface area contributed by atoms with Crippen LogP contribution < -0.4 is 16.0 Å². The van der Waals surface area contributed by atoms with E-state index in [2.05, 4.69) is 16.0 Å². The zero-order valence-corrected chi connectivity index (χ0v) is 8.84. The van der Waals surface area contributed by atoms with Crippen molar-refractivity contribution in [3.05, 3.63) is 0 Å². The minimum Gasteiger partial charge on any atom is -0.374 e. The van der Waals surface area contributed by atoms with Crippen molar-refractivity contribution in [3.63, 3.8) is 0 Å². The molecule has 0 aliphatic carbocycles. The lowest BCUT2D eigenvalue weighted by Crippen LogP contribution is -2.46. The van der Waals surface area contributed by atoms with E-state index in [9.17, 15) is 9.59 Å². The number of amides is 2. The maximum Gasteiger partial charge on any atom is 0.239 e. The molecule has 0 aromatic carbocycles. The Morgan fingerprint density at radius 2 is 2.27 bits per heavy atom. The van der Waals surface area contributed by atoms with Gasteiger partial charge >= 0.3 is 0 Å². The monoisotopic (exact) mass is 215 g/mol. The molecular formula is C9H17N3O3. The van der Waals surface area contributed by atoms with Gasteiger partial charge in [-0.1, -0.05) is 0 Å². The first kappa shape index (κ1) is 11.9. The largest absolute Gasteiger partial charge is 0.374 e. The summed E-state index contributed by atoms with van der Waals surface area (Å²) in [6.07, 6.45) is 0.0278. The molecule has 1 aliphatic heterocycles. The molecule has 1 unspecified atom stereocenters. The van der Waals surface area contributed by atoms with Gasteiger partial charge in [0.05, 0.1) is 19.3 Å². The van der Waals surface area contributed by atoms with Gasteiger partial charge in [0.1, 0.15) is 0 Å². The van der Waals surface area contributed by atoms with E-state index in [4.69, 9.17) is 4.74 Å². The average Bonchev–Trinajstić information content (AvgIpc) is 2.25. The lowest BCUT2D eigenvalue weighted by atomic mass is 10.3. The zero-order valence-electron chi connectivity index (χ0n) is 8.84. The molecule has 1 saturated heterocycles. The van der Waals surface area contributed by atoms with Crippen LogP contribution in [0.2, 0.25) is 0 Å². The van der Waals surface area contributed by atoms with Gasteiger partial charge in [-0.3, -0.25) is 9.59 Å². The molecule has 0 aromatic heterocycles. The quantitative estimate of drug-likeness (QED) is 0.518. The van der Waals surface area contributed by atoms with E-state index >= 15 is 0 Å². The van der Waals surface area contributed by atoms with Crippen molar-refractivity contribution in [2.24, 2.45) is 0 Å². The van der Waals surface area contributed by atoms with Gasteiger partial charge in [0.15, 0.2) is 0 Å². The van der Waals surface area contributed by atoms with Crippen molar-refractivity contribution in [3.8, 4) is 0 Å². The highest BCUT2D eigenvalue weighted by atomic mass is 16.5. The molecule has 0 bridgehead atoms. The molecule has 1 atom stereocenters. The van der Waals surface area contributed by atoms with E-state index in [1.807, 2.05) is 0 Å². The molecule has 0 spiro atoms. The van der Waals surface area contributed by atoms with Crippen LogP contribution in [0.3, 0.4) is 0 Å². The van der Waals surface area contributed by atoms with E-state index in [0.29, 0.717) is 13.2 Å². The fourth-order valence-corrected chi connectivity index (χ4v) is 1.25. The van der Waals surface area contributed by atoms with Crippen molar-refractivity contribution >= 4 is 11.8 Å². The summed E-state index contributed by atoms with van der Waals surface area (Å²) < 4.78 is 5.39. The summed E-state index contributed by atoms with van der Waals surface area (Å²) in [7, 11) is 0. The fraction of sp³-hybridized carbons (Fsp3) is 0.778. The van der Waals surface area contributed by atoms with E-state index in [1.54, 1.807) is 0 Å². The number of carbonyl (C=O) groups excluding carboxylic acids is 2. The predicted molar refractivity (Wildman–Crippen MR) is 54.3 cm³/mol. The van der Waals surface area contributed by atoms with Crippen LogP contribution in [0.15, 0.2) is 0 Å². The normalized spacial score (nSPS) is 20.7. The molecule has 1 aliphatic rings. The number of morpholine rings is 1. The van der Waals surface area contributed by atoms with Crippen LogP contribution in [0, 0.1) is 0 Å². The van der Waals surface area contributed by atoms with E-state index in [-0.39, 0.29) is 24.5 Å². The Labute approximate surface area is 88.7 Å². The number of carbonyl (C=O) groups is 2. The molecule has 3 N–H and O–H groups in total. The summed E-state index contributed by atoms with van der Waals surface area (Å²) in [5, 5.41) is 8.28. The Hall–Kier alpha value is -1.14. The highest BCUT2D eigenvalue weighted by Crippen LogP contribution is 1.93. The topological polar surface area (TPSA) is 79.5 Å². The molecule has 6 heteroatoms. The van der Waals surface area contributed by atoms with Crippen LogP contribution in [0.25, 0.3) is 0 Å². The molecule has 1 fully saturated rings. The van der Waals surface area contributed by atoms with Gasteiger partial charge in [0.2, 0.25) is 11.8 Å². The Morgan fingerprint density at radius 3 is 2.87 bits per heavy atom. The third kappa shape index (κ3) is 5.34. The molecule has 0 saturated carbocycles. The highest BCUT2D eigenvalue weighted by molar-refractivity contribution is 5.83. The highest BCUT2D eigenvalue weighted by Gasteiger charge is 2.13. The van der Waals surface area contributed by atoms with Crippen LogP contribution in [0.4, 0.5) is 0 Å². The van der Waals surface area contributed by atoms with Crippen LogP contribution in [0.5, 0.6) is 0 Å². The number of hydrogen-bond donors (Lipinski definition) is 3. The second-order valence-corrected chi connectivity index (χ2v) is 3.41. The third-order valence-electron chi connectivity index (χ3n) is 2.03. The molecule has 15 heavy (non-hydrogen) atoms. The first-order valence-corrected chi connectivity index (χ1v) is 5.02. The third-order valence-corrected chi connectivity index (χ3v) is 2.03. The van der Waals surface area contributed by atoms with Gasteiger partial charge in [0.25, 0.3) is 0 Å².